The molecule has 1 unspecified atom stereocenters. The van der Waals surface area contributed by atoms with Crippen LogP contribution in [0.2, 0.25) is 0 Å². The van der Waals surface area contributed by atoms with E-state index in [1.165, 1.54) is 6.26 Å². The van der Waals surface area contributed by atoms with E-state index in [0.29, 0.717) is 29.4 Å². The van der Waals surface area contributed by atoms with Crippen molar-refractivity contribution in [3.63, 3.8) is 0 Å². The standard InChI is InChI=1S/C28H30N4O4S/c1-3-4-17-31-28(36-24-10-7-9-23-22(24)16-18-30-26(23)29)27(33)32-20-14-12-19(13-15-20)21-8-5-6-11-25(21)37(2,34)35/h5-16,18,28,31H,3-4,17H2,1-2H3,(H2,29,30)(H,32,33). The molecule has 192 valence electrons. The molecule has 8 nitrogen and oxygen atoms in total. The highest BCUT2D eigenvalue weighted by Gasteiger charge is 2.21. The number of carbonyl (C=O) groups is 1. The monoisotopic (exact) mass is 518 g/mol. The molecule has 4 N–H and O–H groups in total. The van der Waals surface area contributed by atoms with Crippen molar-refractivity contribution in [2.75, 3.05) is 23.9 Å². The number of nitrogens with one attached hydrogen (secondary N) is 2. The Morgan fingerprint density at radius 1 is 1.00 bits per heavy atom. The Hall–Kier alpha value is -3.95. The lowest BCUT2D eigenvalue weighted by atomic mass is 10.1. The molecule has 0 aliphatic carbocycles. The maximum absolute atomic E-state index is 13.2. The average Bonchev–Trinajstić information content (AvgIpc) is 2.88. The van der Waals surface area contributed by atoms with Gasteiger partial charge in [0.1, 0.15) is 11.6 Å². The number of anilines is 2. The highest BCUT2D eigenvalue weighted by atomic mass is 32.2. The molecule has 0 bridgehead atoms. The van der Waals surface area contributed by atoms with Crippen molar-refractivity contribution in [2.45, 2.75) is 30.9 Å². The predicted octanol–water partition coefficient (Wildman–Crippen LogP) is 4.62. The van der Waals surface area contributed by atoms with Gasteiger partial charge in [-0.2, -0.15) is 0 Å². The number of aromatic nitrogens is 1. The minimum atomic E-state index is -3.39. The van der Waals surface area contributed by atoms with Gasteiger partial charge in [0.2, 0.25) is 6.23 Å². The Labute approximate surface area is 216 Å². The van der Waals surface area contributed by atoms with Gasteiger partial charge >= 0.3 is 0 Å². The summed E-state index contributed by atoms with van der Waals surface area (Å²) >= 11 is 0. The van der Waals surface area contributed by atoms with Crippen LogP contribution in [0.25, 0.3) is 21.9 Å². The summed E-state index contributed by atoms with van der Waals surface area (Å²) in [5, 5.41) is 7.58. The zero-order chi connectivity index (χ0) is 26.4. The predicted molar refractivity (Wildman–Crippen MR) is 147 cm³/mol. The van der Waals surface area contributed by atoms with E-state index in [0.717, 1.165) is 29.2 Å². The number of rotatable bonds is 10. The molecule has 1 atom stereocenters. The van der Waals surface area contributed by atoms with Gasteiger partial charge in [-0.05, 0) is 48.9 Å². The van der Waals surface area contributed by atoms with E-state index < -0.39 is 16.1 Å². The molecule has 0 aliphatic heterocycles. The van der Waals surface area contributed by atoms with Gasteiger partial charge in [-0.1, -0.05) is 55.8 Å². The van der Waals surface area contributed by atoms with Crippen LogP contribution < -0.4 is 21.1 Å². The molecule has 0 radical (unpaired) electrons. The van der Waals surface area contributed by atoms with E-state index in [1.54, 1.807) is 66.9 Å². The molecular weight excluding hydrogens is 488 g/mol. The third kappa shape index (κ3) is 6.25. The van der Waals surface area contributed by atoms with Crippen LogP contribution in [0, 0.1) is 0 Å². The molecule has 0 aliphatic rings. The second kappa shape index (κ2) is 11.4. The first-order valence-corrected chi connectivity index (χ1v) is 13.9. The van der Waals surface area contributed by atoms with Crippen LogP contribution in [0.1, 0.15) is 19.8 Å². The van der Waals surface area contributed by atoms with Crippen LogP contribution in [0.4, 0.5) is 11.5 Å². The minimum absolute atomic E-state index is 0.256. The largest absolute Gasteiger partial charge is 0.465 e. The van der Waals surface area contributed by atoms with E-state index in [1.807, 2.05) is 12.1 Å². The number of pyridine rings is 1. The smallest absolute Gasteiger partial charge is 0.280 e. The van der Waals surface area contributed by atoms with Crippen molar-refractivity contribution in [1.29, 1.82) is 0 Å². The Morgan fingerprint density at radius 2 is 1.76 bits per heavy atom. The van der Waals surface area contributed by atoms with Crippen LogP contribution in [0.5, 0.6) is 5.75 Å². The number of nitrogens with two attached hydrogens (primary N) is 1. The summed E-state index contributed by atoms with van der Waals surface area (Å²) in [7, 11) is -3.39. The SMILES string of the molecule is CCCCNC(Oc1cccc2c(N)nccc12)C(=O)Nc1ccc(-c2ccccc2S(C)(=O)=O)cc1. The van der Waals surface area contributed by atoms with Crippen molar-refractivity contribution in [3.05, 3.63) is 79.0 Å². The molecule has 4 rings (SSSR count). The van der Waals surface area contributed by atoms with Crippen LogP contribution in [0.3, 0.4) is 0 Å². The summed E-state index contributed by atoms with van der Waals surface area (Å²) in [4.78, 5) is 17.6. The van der Waals surface area contributed by atoms with Crippen molar-refractivity contribution in [2.24, 2.45) is 0 Å². The summed E-state index contributed by atoms with van der Waals surface area (Å²) in [6.07, 6.45) is 3.69. The number of hydrogen-bond acceptors (Lipinski definition) is 7. The second-order valence-electron chi connectivity index (χ2n) is 8.69. The van der Waals surface area contributed by atoms with Gasteiger partial charge in [0.15, 0.2) is 9.84 Å². The number of carbonyl (C=O) groups excluding carboxylic acids is 1. The third-order valence-corrected chi connectivity index (χ3v) is 7.04. The maximum atomic E-state index is 13.2. The molecule has 0 fully saturated rings. The third-order valence-electron chi connectivity index (χ3n) is 5.89. The number of hydrogen-bond donors (Lipinski definition) is 3. The number of nitrogens with zero attached hydrogens (tertiary/aromatic N) is 1. The molecule has 0 spiro atoms. The number of amides is 1. The zero-order valence-electron chi connectivity index (χ0n) is 20.8. The molecule has 37 heavy (non-hydrogen) atoms. The number of fused-ring (bicyclic) bond motifs is 1. The number of ether oxygens (including phenoxy) is 1. The van der Waals surface area contributed by atoms with E-state index in [-0.39, 0.29) is 10.8 Å². The molecule has 0 saturated carbocycles. The van der Waals surface area contributed by atoms with Crippen molar-refractivity contribution in [3.8, 4) is 16.9 Å². The molecule has 4 aromatic rings. The second-order valence-corrected chi connectivity index (χ2v) is 10.7. The van der Waals surface area contributed by atoms with Gasteiger partial charge < -0.3 is 15.8 Å². The van der Waals surface area contributed by atoms with Crippen molar-refractivity contribution >= 4 is 38.0 Å². The van der Waals surface area contributed by atoms with Crippen LogP contribution in [-0.4, -0.2) is 38.3 Å². The van der Waals surface area contributed by atoms with Gasteiger partial charge in [-0.25, -0.2) is 13.4 Å². The topological polar surface area (TPSA) is 123 Å². The molecule has 1 heterocycles. The minimum Gasteiger partial charge on any atom is -0.465 e. The van der Waals surface area contributed by atoms with Gasteiger partial charge in [0.25, 0.3) is 5.91 Å². The fourth-order valence-corrected chi connectivity index (χ4v) is 4.91. The van der Waals surface area contributed by atoms with E-state index in [9.17, 15) is 13.2 Å². The summed E-state index contributed by atoms with van der Waals surface area (Å²) in [5.74, 6) is 0.545. The lowest BCUT2D eigenvalue weighted by Crippen LogP contribution is -2.45. The normalized spacial score (nSPS) is 12.3. The Balaban J connectivity index is 1.55. The highest BCUT2D eigenvalue weighted by molar-refractivity contribution is 7.90. The van der Waals surface area contributed by atoms with Gasteiger partial charge in [-0.15, -0.1) is 0 Å². The zero-order valence-corrected chi connectivity index (χ0v) is 21.6. The first-order chi connectivity index (χ1) is 17.8. The van der Waals surface area contributed by atoms with E-state index in [2.05, 4.69) is 22.5 Å². The Bertz CT molecular complexity index is 1500. The summed E-state index contributed by atoms with van der Waals surface area (Å²) in [6, 6.07) is 21.1. The summed E-state index contributed by atoms with van der Waals surface area (Å²) in [6.45, 7) is 2.67. The Morgan fingerprint density at radius 3 is 2.49 bits per heavy atom. The summed E-state index contributed by atoms with van der Waals surface area (Å²) in [5.41, 5.74) is 7.90. The fraction of sp³-hybridized carbons (Fsp3) is 0.214. The summed E-state index contributed by atoms with van der Waals surface area (Å²) < 4.78 is 30.5. The molecule has 9 heteroatoms. The van der Waals surface area contributed by atoms with Crippen LogP contribution >= 0.6 is 0 Å². The highest BCUT2D eigenvalue weighted by Crippen LogP contribution is 2.30. The first kappa shape index (κ1) is 26.1. The van der Waals surface area contributed by atoms with Gasteiger partial charge in [0, 0.05) is 34.5 Å². The first-order valence-electron chi connectivity index (χ1n) is 12.0. The van der Waals surface area contributed by atoms with Gasteiger partial charge in [-0.3, -0.25) is 10.1 Å². The lowest BCUT2D eigenvalue weighted by Gasteiger charge is -2.21. The number of sulfone groups is 1. The van der Waals surface area contributed by atoms with E-state index >= 15 is 0 Å². The van der Waals surface area contributed by atoms with E-state index in [4.69, 9.17) is 10.5 Å². The molecule has 1 aromatic heterocycles. The fourth-order valence-electron chi connectivity index (χ4n) is 4.00. The van der Waals surface area contributed by atoms with Crippen LogP contribution in [-0.2, 0) is 14.6 Å². The molecule has 3 aromatic carbocycles. The lowest BCUT2D eigenvalue weighted by molar-refractivity contribution is -0.124. The van der Waals surface area contributed by atoms with Crippen molar-refractivity contribution < 1.29 is 17.9 Å². The van der Waals surface area contributed by atoms with Crippen LogP contribution in [0.15, 0.2) is 83.9 Å². The van der Waals surface area contributed by atoms with Gasteiger partial charge in [0.05, 0.1) is 4.90 Å². The number of nitrogen functional groups attached to an aromatic ring is 1. The number of unbranched alkanes of at least 4 members (excludes halogenated alkanes) is 1. The molecular formula is C28H30N4O4S. The molecule has 1 amide bonds. The number of benzene rings is 3. The quantitative estimate of drug-likeness (QED) is 0.207. The average molecular weight is 519 g/mol. The Kier molecular flexibility index (Phi) is 8.05. The maximum Gasteiger partial charge on any atom is 0.280 e. The molecule has 0 saturated heterocycles. The van der Waals surface area contributed by atoms with Crippen molar-refractivity contribution in [1.82, 2.24) is 10.3 Å².